The van der Waals surface area contributed by atoms with Gasteiger partial charge in [0.25, 0.3) is 0 Å². The second-order valence-electron chi connectivity index (χ2n) is 4.82. The van der Waals surface area contributed by atoms with Crippen molar-refractivity contribution < 1.29 is 4.39 Å². The molecule has 98 valence electrons. The maximum atomic E-state index is 13.8. The lowest BCUT2D eigenvalue weighted by Crippen LogP contribution is -2.22. The van der Waals surface area contributed by atoms with Gasteiger partial charge in [0, 0.05) is 6.04 Å². The summed E-state index contributed by atoms with van der Waals surface area (Å²) in [4.78, 5) is 4.48. The van der Waals surface area contributed by atoms with Crippen LogP contribution in [0.4, 0.5) is 4.39 Å². The highest BCUT2D eigenvalue weighted by molar-refractivity contribution is 5.77. The van der Waals surface area contributed by atoms with Gasteiger partial charge in [-0.25, -0.2) is 9.37 Å². The van der Waals surface area contributed by atoms with Crippen LogP contribution in [-0.2, 0) is 0 Å². The van der Waals surface area contributed by atoms with Crippen molar-refractivity contribution in [1.29, 1.82) is 0 Å². The van der Waals surface area contributed by atoms with Gasteiger partial charge in [-0.15, -0.1) is 0 Å². The minimum absolute atomic E-state index is 0.115. The zero-order chi connectivity index (χ0) is 13.3. The van der Waals surface area contributed by atoms with Crippen molar-refractivity contribution in [2.24, 2.45) is 0 Å². The second kappa shape index (κ2) is 5.06. The molecule has 18 heavy (non-hydrogen) atoms. The highest BCUT2D eigenvalue weighted by Crippen LogP contribution is 2.26. The van der Waals surface area contributed by atoms with Crippen LogP contribution in [0.5, 0.6) is 0 Å². The standard InChI is InChI=1S/C14H20FN3/c1-5-16-10(4)14-17-13-11(15)7-6-8-12(13)18(14)9(2)3/h6-10,16H,5H2,1-4H3. The lowest BCUT2D eigenvalue weighted by atomic mass is 10.2. The normalized spacial score (nSPS) is 13.4. The molecule has 1 atom stereocenters. The Morgan fingerprint density at radius 3 is 2.67 bits per heavy atom. The number of nitrogens with zero attached hydrogens (tertiary/aromatic N) is 2. The SMILES string of the molecule is CCNC(C)c1nc2c(F)cccc2n1C(C)C. The molecule has 1 N–H and O–H groups in total. The average molecular weight is 249 g/mol. The van der Waals surface area contributed by atoms with Gasteiger partial charge in [-0.2, -0.15) is 0 Å². The van der Waals surface area contributed by atoms with E-state index < -0.39 is 0 Å². The van der Waals surface area contributed by atoms with Crippen molar-refractivity contribution in [3.8, 4) is 0 Å². The molecule has 2 aromatic rings. The largest absolute Gasteiger partial charge is 0.324 e. The lowest BCUT2D eigenvalue weighted by Gasteiger charge is -2.18. The van der Waals surface area contributed by atoms with Gasteiger partial charge < -0.3 is 9.88 Å². The predicted octanol–water partition coefficient (Wildman–Crippen LogP) is 3.43. The Labute approximate surface area is 107 Å². The Hall–Kier alpha value is -1.42. The Morgan fingerprint density at radius 2 is 2.06 bits per heavy atom. The van der Waals surface area contributed by atoms with Gasteiger partial charge in [-0.3, -0.25) is 0 Å². The van der Waals surface area contributed by atoms with Crippen LogP contribution in [-0.4, -0.2) is 16.1 Å². The number of rotatable bonds is 4. The first-order valence-electron chi connectivity index (χ1n) is 6.46. The van der Waals surface area contributed by atoms with E-state index in [9.17, 15) is 4.39 Å². The summed E-state index contributed by atoms with van der Waals surface area (Å²) < 4.78 is 15.9. The summed E-state index contributed by atoms with van der Waals surface area (Å²) in [5.41, 5.74) is 1.33. The molecule has 3 nitrogen and oxygen atoms in total. The molecule has 4 heteroatoms. The summed E-state index contributed by atoms with van der Waals surface area (Å²) in [5, 5.41) is 3.33. The number of imidazole rings is 1. The Morgan fingerprint density at radius 1 is 1.33 bits per heavy atom. The van der Waals surface area contributed by atoms with Gasteiger partial charge in [0.1, 0.15) is 11.3 Å². The molecule has 0 aliphatic rings. The second-order valence-corrected chi connectivity index (χ2v) is 4.82. The van der Waals surface area contributed by atoms with Crippen molar-refractivity contribution >= 4 is 11.0 Å². The molecular weight excluding hydrogens is 229 g/mol. The molecule has 0 amide bonds. The third-order valence-corrected chi connectivity index (χ3v) is 3.11. The van der Waals surface area contributed by atoms with Crippen LogP contribution in [0.25, 0.3) is 11.0 Å². The van der Waals surface area contributed by atoms with E-state index in [1.54, 1.807) is 6.07 Å². The molecule has 2 rings (SSSR count). The highest BCUT2D eigenvalue weighted by Gasteiger charge is 2.19. The van der Waals surface area contributed by atoms with E-state index in [-0.39, 0.29) is 17.9 Å². The van der Waals surface area contributed by atoms with Crippen molar-refractivity contribution in [3.63, 3.8) is 0 Å². The predicted molar refractivity (Wildman–Crippen MR) is 72.2 cm³/mol. The molecule has 1 aromatic carbocycles. The zero-order valence-electron chi connectivity index (χ0n) is 11.4. The Kier molecular flexibility index (Phi) is 3.66. The fourth-order valence-corrected chi connectivity index (χ4v) is 2.35. The van der Waals surface area contributed by atoms with Gasteiger partial charge in [0.05, 0.1) is 11.6 Å². The lowest BCUT2D eigenvalue weighted by molar-refractivity contribution is 0.502. The molecule has 1 aromatic heterocycles. The zero-order valence-corrected chi connectivity index (χ0v) is 11.4. The number of fused-ring (bicyclic) bond motifs is 1. The summed E-state index contributed by atoms with van der Waals surface area (Å²) in [6.07, 6.45) is 0. The smallest absolute Gasteiger partial charge is 0.151 e. The number of hydrogen-bond donors (Lipinski definition) is 1. The maximum absolute atomic E-state index is 13.8. The summed E-state index contributed by atoms with van der Waals surface area (Å²) in [6.45, 7) is 9.16. The molecular formula is C14H20FN3. The average Bonchev–Trinajstić information content (AvgIpc) is 2.70. The van der Waals surface area contributed by atoms with E-state index in [0.717, 1.165) is 17.9 Å². The first-order chi connectivity index (χ1) is 8.56. The van der Waals surface area contributed by atoms with Crippen molar-refractivity contribution in [2.75, 3.05) is 6.54 Å². The van der Waals surface area contributed by atoms with E-state index >= 15 is 0 Å². The molecule has 0 fully saturated rings. The van der Waals surface area contributed by atoms with Gasteiger partial charge in [0.2, 0.25) is 0 Å². The number of benzene rings is 1. The van der Waals surface area contributed by atoms with Crippen LogP contribution in [0.1, 0.15) is 45.6 Å². The van der Waals surface area contributed by atoms with Crippen LogP contribution >= 0.6 is 0 Å². The van der Waals surface area contributed by atoms with Crippen LogP contribution in [0.15, 0.2) is 18.2 Å². The molecule has 1 unspecified atom stereocenters. The van der Waals surface area contributed by atoms with Gasteiger partial charge in [-0.05, 0) is 39.4 Å². The number of para-hydroxylation sites is 1. The molecule has 0 saturated carbocycles. The topological polar surface area (TPSA) is 29.9 Å². The van der Waals surface area contributed by atoms with Crippen molar-refractivity contribution in [1.82, 2.24) is 14.9 Å². The van der Waals surface area contributed by atoms with Crippen LogP contribution in [0, 0.1) is 5.82 Å². The maximum Gasteiger partial charge on any atom is 0.151 e. The molecule has 0 radical (unpaired) electrons. The number of aromatic nitrogens is 2. The van der Waals surface area contributed by atoms with Crippen molar-refractivity contribution in [3.05, 3.63) is 29.8 Å². The minimum atomic E-state index is -0.253. The molecule has 0 saturated heterocycles. The number of hydrogen-bond acceptors (Lipinski definition) is 2. The fourth-order valence-electron chi connectivity index (χ4n) is 2.35. The first-order valence-corrected chi connectivity index (χ1v) is 6.46. The van der Waals surface area contributed by atoms with E-state index in [1.807, 2.05) is 6.07 Å². The first kappa shape index (κ1) is 13.0. The molecule has 0 aliphatic heterocycles. The quantitative estimate of drug-likeness (QED) is 0.899. The van der Waals surface area contributed by atoms with E-state index in [0.29, 0.717) is 5.52 Å². The van der Waals surface area contributed by atoms with Gasteiger partial charge in [0.15, 0.2) is 5.82 Å². The number of halogens is 1. The van der Waals surface area contributed by atoms with Crippen LogP contribution < -0.4 is 5.32 Å². The molecule has 0 bridgehead atoms. The summed E-state index contributed by atoms with van der Waals surface area (Å²) in [6, 6.07) is 5.49. The van der Waals surface area contributed by atoms with Crippen LogP contribution in [0.3, 0.4) is 0 Å². The van der Waals surface area contributed by atoms with Gasteiger partial charge >= 0.3 is 0 Å². The third kappa shape index (κ3) is 2.12. The van der Waals surface area contributed by atoms with Crippen molar-refractivity contribution in [2.45, 2.75) is 39.8 Å². The Balaban J connectivity index is 2.65. The molecule has 1 heterocycles. The minimum Gasteiger partial charge on any atom is -0.324 e. The highest BCUT2D eigenvalue weighted by atomic mass is 19.1. The monoisotopic (exact) mass is 249 g/mol. The summed E-state index contributed by atoms with van der Waals surface area (Å²) >= 11 is 0. The van der Waals surface area contributed by atoms with E-state index in [1.165, 1.54) is 6.07 Å². The summed E-state index contributed by atoms with van der Waals surface area (Å²) in [5.74, 6) is 0.642. The molecule has 0 aliphatic carbocycles. The summed E-state index contributed by atoms with van der Waals surface area (Å²) in [7, 11) is 0. The fraction of sp³-hybridized carbons (Fsp3) is 0.500. The Bertz CT molecular complexity index is 545. The third-order valence-electron chi connectivity index (χ3n) is 3.11. The van der Waals surface area contributed by atoms with E-state index in [2.05, 4.69) is 42.6 Å². The number of nitrogens with one attached hydrogen (secondary N) is 1. The van der Waals surface area contributed by atoms with Crippen LogP contribution in [0.2, 0.25) is 0 Å². The molecule has 0 spiro atoms. The van der Waals surface area contributed by atoms with E-state index in [4.69, 9.17) is 0 Å². The van der Waals surface area contributed by atoms with Gasteiger partial charge in [-0.1, -0.05) is 13.0 Å².